The Hall–Kier alpha value is -2.01. The van der Waals surface area contributed by atoms with Gasteiger partial charge in [0.15, 0.2) is 0 Å². The number of nitrogens with one attached hydrogen (secondary N) is 1. The van der Waals surface area contributed by atoms with Crippen molar-refractivity contribution < 1.29 is 14.6 Å². The summed E-state index contributed by atoms with van der Waals surface area (Å²) in [6.45, 7) is 2.77. The lowest BCUT2D eigenvalue weighted by molar-refractivity contribution is 0.0526. The minimum atomic E-state index is -0.313. The van der Waals surface area contributed by atoms with Crippen molar-refractivity contribution in [3.8, 4) is 5.75 Å². The first-order valence-corrected chi connectivity index (χ1v) is 7.38. The van der Waals surface area contributed by atoms with Crippen LogP contribution in [0.15, 0.2) is 46.9 Å². The molecule has 2 N–H and O–H groups in total. The molecule has 4 nitrogen and oxygen atoms in total. The lowest BCUT2D eigenvalue weighted by Crippen LogP contribution is -2.05. The Morgan fingerprint density at radius 1 is 1.24 bits per heavy atom. The maximum Gasteiger partial charge on any atom is 0.338 e. The molecule has 0 saturated carbocycles. The van der Waals surface area contributed by atoms with Crippen LogP contribution in [-0.2, 0) is 11.3 Å². The van der Waals surface area contributed by atoms with Crippen LogP contribution in [0.5, 0.6) is 5.75 Å². The molecule has 21 heavy (non-hydrogen) atoms. The average Bonchev–Trinajstić information content (AvgIpc) is 2.49. The molecule has 0 unspecified atom stereocenters. The largest absolute Gasteiger partial charge is 0.507 e. The van der Waals surface area contributed by atoms with E-state index in [9.17, 15) is 9.90 Å². The van der Waals surface area contributed by atoms with E-state index >= 15 is 0 Å². The number of anilines is 1. The molecule has 0 aromatic heterocycles. The Balaban J connectivity index is 1.97. The van der Waals surface area contributed by atoms with Crippen molar-refractivity contribution in [3.05, 3.63) is 58.1 Å². The number of rotatable bonds is 5. The molecule has 0 atom stereocenters. The minimum absolute atomic E-state index is 0.220. The molecule has 5 heteroatoms. The molecule has 2 rings (SSSR count). The molecule has 0 heterocycles. The zero-order chi connectivity index (χ0) is 15.2. The van der Waals surface area contributed by atoms with E-state index in [1.807, 2.05) is 24.3 Å². The third kappa shape index (κ3) is 4.23. The number of hydrogen-bond acceptors (Lipinski definition) is 4. The van der Waals surface area contributed by atoms with Gasteiger partial charge in [0.1, 0.15) is 5.75 Å². The normalized spacial score (nSPS) is 10.2. The molecule has 0 spiro atoms. The van der Waals surface area contributed by atoms with Crippen LogP contribution in [0, 0.1) is 0 Å². The van der Waals surface area contributed by atoms with Gasteiger partial charge in [0, 0.05) is 12.2 Å². The summed E-state index contributed by atoms with van der Waals surface area (Å²) < 4.78 is 5.60. The van der Waals surface area contributed by atoms with E-state index in [0.29, 0.717) is 23.2 Å². The number of hydrogen-bond donors (Lipinski definition) is 2. The molecule has 110 valence electrons. The van der Waals surface area contributed by atoms with Gasteiger partial charge in [-0.05, 0) is 64.8 Å². The molecule has 0 aliphatic heterocycles. The zero-order valence-corrected chi connectivity index (χ0v) is 13.2. The summed E-state index contributed by atoms with van der Waals surface area (Å²) in [7, 11) is 0. The van der Waals surface area contributed by atoms with Gasteiger partial charge >= 0.3 is 5.97 Å². The quantitative estimate of drug-likeness (QED) is 0.802. The van der Waals surface area contributed by atoms with E-state index in [0.717, 1.165) is 11.3 Å². The number of benzene rings is 2. The van der Waals surface area contributed by atoms with Crippen molar-refractivity contribution in [1.29, 1.82) is 0 Å². The molecule has 0 bridgehead atoms. The standard InChI is InChI=1S/C16H16BrNO3/c1-2-21-16(20)12-4-6-13(7-5-12)18-10-11-3-8-15(19)14(17)9-11/h3-9,18-19H,2,10H2,1H3. The third-order valence-corrected chi connectivity index (χ3v) is 3.54. The molecular formula is C16H16BrNO3. The number of carbonyl (C=O) groups excluding carboxylic acids is 1. The van der Waals surface area contributed by atoms with Crippen molar-refractivity contribution in [2.24, 2.45) is 0 Å². The first-order chi connectivity index (χ1) is 10.1. The Bertz CT molecular complexity index is 626. The lowest BCUT2D eigenvalue weighted by Gasteiger charge is -2.08. The SMILES string of the molecule is CCOC(=O)c1ccc(NCc2ccc(O)c(Br)c2)cc1. The zero-order valence-electron chi connectivity index (χ0n) is 11.6. The monoisotopic (exact) mass is 349 g/mol. The maximum atomic E-state index is 11.5. The van der Waals surface area contributed by atoms with Crippen molar-refractivity contribution >= 4 is 27.6 Å². The predicted molar refractivity (Wildman–Crippen MR) is 85.5 cm³/mol. The molecule has 0 saturated heterocycles. The second kappa shape index (κ2) is 7.13. The Kier molecular flexibility index (Phi) is 5.22. The summed E-state index contributed by atoms with van der Waals surface area (Å²) in [5.74, 6) is -0.0935. The van der Waals surface area contributed by atoms with Crippen LogP contribution in [0.3, 0.4) is 0 Å². The van der Waals surface area contributed by atoms with Crippen LogP contribution in [0.25, 0.3) is 0 Å². The number of aromatic hydroxyl groups is 1. The predicted octanol–water partition coefficient (Wildman–Crippen LogP) is 3.94. The first kappa shape index (κ1) is 15.4. The van der Waals surface area contributed by atoms with Crippen LogP contribution in [0.1, 0.15) is 22.8 Å². The van der Waals surface area contributed by atoms with E-state index in [2.05, 4.69) is 21.2 Å². The van der Waals surface area contributed by atoms with Crippen LogP contribution < -0.4 is 5.32 Å². The van der Waals surface area contributed by atoms with Gasteiger partial charge in [-0.2, -0.15) is 0 Å². The molecular weight excluding hydrogens is 334 g/mol. The number of phenolic OH excluding ortho intramolecular Hbond substituents is 1. The van der Waals surface area contributed by atoms with Gasteiger partial charge in [-0.3, -0.25) is 0 Å². The van der Waals surface area contributed by atoms with Crippen LogP contribution in [-0.4, -0.2) is 17.7 Å². The number of halogens is 1. The maximum absolute atomic E-state index is 11.5. The molecule has 0 radical (unpaired) electrons. The number of carbonyl (C=O) groups is 1. The number of ether oxygens (including phenoxy) is 1. The first-order valence-electron chi connectivity index (χ1n) is 6.58. The Morgan fingerprint density at radius 2 is 1.95 bits per heavy atom. The fraction of sp³-hybridized carbons (Fsp3) is 0.188. The highest BCUT2D eigenvalue weighted by Gasteiger charge is 2.05. The second-order valence-electron chi connectivity index (χ2n) is 4.44. The highest BCUT2D eigenvalue weighted by Crippen LogP contribution is 2.24. The Morgan fingerprint density at radius 3 is 2.57 bits per heavy atom. The van der Waals surface area contributed by atoms with Crippen molar-refractivity contribution in [3.63, 3.8) is 0 Å². The van der Waals surface area contributed by atoms with Gasteiger partial charge in [0.05, 0.1) is 16.6 Å². The van der Waals surface area contributed by atoms with Crippen molar-refractivity contribution in [2.75, 3.05) is 11.9 Å². The fourth-order valence-electron chi connectivity index (χ4n) is 1.80. The summed E-state index contributed by atoms with van der Waals surface area (Å²) in [6, 6.07) is 12.5. The van der Waals surface area contributed by atoms with Crippen LogP contribution in [0.2, 0.25) is 0 Å². The van der Waals surface area contributed by atoms with Crippen molar-refractivity contribution in [2.45, 2.75) is 13.5 Å². The molecule has 0 fully saturated rings. The summed E-state index contributed by atoms with van der Waals surface area (Å²) in [6.07, 6.45) is 0. The van der Waals surface area contributed by atoms with Gasteiger partial charge in [-0.25, -0.2) is 4.79 Å². The smallest absolute Gasteiger partial charge is 0.338 e. The fourth-order valence-corrected chi connectivity index (χ4v) is 2.23. The minimum Gasteiger partial charge on any atom is -0.507 e. The molecule has 0 aliphatic carbocycles. The van der Waals surface area contributed by atoms with Gasteiger partial charge in [0.25, 0.3) is 0 Å². The third-order valence-electron chi connectivity index (χ3n) is 2.90. The van der Waals surface area contributed by atoms with E-state index < -0.39 is 0 Å². The number of phenols is 1. The second-order valence-corrected chi connectivity index (χ2v) is 5.29. The highest BCUT2D eigenvalue weighted by molar-refractivity contribution is 9.10. The van der Waals surface area contributed by atoms with Crippen LogP contribution >= 0.6 is 15.9 Å². The average molecular weight is 350 g/mol. The number of esters is 1. The Labute approximate surface area is 131 Å². The van der Waals surface area contributed by atoms with Gasteiger partial charge < -0.3 is 15.2 Å². The van der Waals surface area contributed by atoms with E-state index in [1.165, 1.54) is 0 Å². The summed E-state index contributed by atoms with van der Waals surface area (Å²) in [5.41, 5.74) is 2.48. The molecule has 2 aromatic carbocycles. The van der Waals surface area contributed by atoms with Gasteiger partial charge in [-0.1, -0.05) is 6.07 Å². The molecule has 0 amide bonds. The topological polar surface area (TPSA) is 58.6 Å². The lowest BCUT2D eigenvalue weighted by atomic mass is 10.2. The van der Waals surface area contributed by atoms with Crippen LogP contribution in [0.4, 0.5) is 5.69 Å². The highest BCUT2D eigenvalue weighted by atomic mass is 79.9. The summed E-state index contributed by atoms with van der Waals surface area (Å²) in [5, 5.41) is 12.7. The van der Waals surface area contributed by atoms with E-state index in [-0.39, 0.29) is 11.7 Å². The summed E-state index contributed by atoms with van der Waals surface area (Å²) >= 11 is 3.28. The van der Waals surface area contributed by atoms with Crippen molar-refractivity contribution in [1.82, 2.24) is 0 Å². The molecule has 0 aliphatic rings. The van der Waals surface area contributed by atoms with E-state index in [1.54, 1.807) is 25.1 Å². The molecule has 2 aromatic rings. The van der Waals surface area contributed by atoms with Gasteiger partial charge in [0.2, 0.25) is 0 Å². The van der Waals surface area contributed by atoms with Gasteiger partial charge in [-0.15, -0.1) is 0 Å². The summed E-state index contributed by atoms with van der Waals surface area (Å²) in [4.78, 5) is 11.5. The van der Waals surface area contributed by atoms with E-state index in [4.69, 9.17) is 4.74 Å².